The highest BCUT2D eigenvalue weighted by Gasteiger charge is 2.05. The maximum Gasteiger partial charge on any atom is 0.261 e. The summed E-state index contributed by atoms with van der Waals surface area (Å²) in [5.41, 5.74) is 5.11. The largest absolute Gasteiger partial charge is 0.271 e. The first kappa shape index (κ1) is 14.3. The van der Waals surface area contributed by atoms with E-state index in [0.29, 0.717) is 5.02 Å². The molecule has 0 unspecified atom stereocenters. The van der Waals surface area contributed by atoms with E-state index in [2.05, 4.69) is 15.6 Å². The molecule has 2 aromatic rings. The van der Waals surface area contributed by atoms with Crippen molar-refractivity contribution in [3.8, 4) is 0 Å². The third-order valence-electron chi connectivity index (χ3n) is 2.65. The lowest BCUT2D eigenvalue weighted by atomic mass is 10.2. The molecule has 0 aliphatic carbocycles. The normalized spacial score (nSPS) is 10.9. The standard InChI is InChI=1S/C14H15ClN4O/c1-10-6-11(2)19(18-10)9-14(20)17-16-8-12-4-3-5-13(15)7-12/h3-8H,9H2,1-2H3,(H,17,20)/b16-8-. The average Bonchev–Trinajstić information content (AvgIpc) is 2.68. The molecule has 0 aliphatic rings. The lowest BCUT2D eigenvalue weighted by molar-refractivity contribution is -0.121. The summed E-state index contributed by atoms with van der Waals surface area (Å²) in [4.78, 5) is 11.7. The number of halogens is 1. The predicted molar refractivity (Wildman–Crippen MR) is 78.9 cm³/mol. The monoisotopic (exact) mass is 290 g/mol. The summed E-state index contributed by atoms with van der Waals surface area (Å²) in [6.07, 6.45) is 1.55. The molecular formula is C14H15ClN4O. The Bertz CT molecular complexity index is 648. The Morgan fingerprint density at radius 2 is 2.25 bits per heavy atom. The summed E-state index contributed by atoms with van der Waals surface area (Å²) in [6.45, 7) is 3.94. The Kier molecular flexibility index (Phi) is 4.53. The molecule has 0 aliphatic heterocycles. The van der Waals surface area contributed by atoms with Crippen molar-refractivity contribution in [3.63, 3.8) is 0 Å². The number of hydrazone groups is 1. The molecule has 1 aromatic heterocycles. The minimum Gasteiger partial charge on any atom is -0.271 e. The molecule has 0 radical (unpaired) electrons. The summed E-state index contributed by atoms with van der Waals surface area (Å²) >= 11 is 5.85. The minimum absolute atomic E-state index is 0.145. The Balaban J connectivity index is 1.91. The van der Waals surface area contributed by atoms with Gasteiger partial charge in [-0.15, -0.1) is 0 Å². The topological polar surface area (TPSA) is 59.3 Å². The molecule has 5 nitrogen and oxygen atoms in total. The molecule has 6 heteroatoms. The van der Waals surface area contributed by atoms with Crippen molar-refractivity contribution in [1.82, 2.24) is 15.2 Å². The summed E-state index contributed by atoms with van der Waals surface area (Å²) in [5.74, 6) is -0.227. The van der Waals surface area contributed by atoms with Gasteiger partial charge in [0, 0.05) is 10.7 Å². The van der Waals surface area contributed by atoms with E-state index in [4.69, 9.17) is 11.6 Å². The van der Waals surface area contributed by atoms with Crippen molar-refractivity contribution in [1.29, 1.82) is 0 Å². The number of hydrogen-bond acceptors (Lipinski definition) is 3. The number of nitrogens with one attached hydrogen (secondary N) is 1. The molecule has 0 saturated carbocycles. The second-order valence-corrected chi connectivity index (χ2v) is 4.87. The van der Waals surface area contributed by atoms with Gasteiger partial charge in [-0.3, -0.25) is 9.48 Å². The lowest BCUT2D eigenvalue weighted by Crippen LogP contribution is -2.24. The molecule has 2 rings (SSSR count). The van der Waals surface area contributed by atoms with Crippen LogP contribution in [-0.4, -0.2) is 21.9 Å². The van der Waals surface area contributed by atoms with E-state index in [1.807, 2.05) is 32.0 Å². The maximum absolute atomic E-state index is 11.7. The molecule has 20 heavy (non-hydrogen) atoms. The zero-order chi connectivity index (χ0) is 14.5. The molecular weight excluding hydrogens is 276 g/mol. The highest BCUT2D eigenvalue weighted by atomic mass is 35.5. The number of hydrogen-bond donors (Lipinski definition) is 1. The predicted octanol–water partition coefficient (Wildman–Crippen LogP) is 2.30. The summed E-state index contributed by atoms with van der Waals surface area (Å²) in [7, 11) is 0. The zero-order valence-corrected chi connectivity index (χ0v) is 12.1. The molecule has 0 saturated heterocycles. The van der Waals surface area contributed by atoms with Gasteiger partial charge in [-0.05, 0) is 37.6 Å². The third kappa shape index (κ3) is 3.93. The Hall–Kier alpha value is -2.14. The van der Waals surface area contributed by atoms with Crippen LogP contribution in [-0.2, 0) is 11.3 Å². The Labute approximate surface area is 122 Å². The maximum atomic E-state index is 11.7. The number of rotatable bonds is 4. The van der Waals surface area contributed by atoms with E-state index in [1.165, 1.54) is 0 Å². The van der Waals surface area contributed by atoms with Crippen molar-refractivity contribution >= 4 is 23.7 Å². The van der Waals surface area contributed by atoms with Gasteiger partial charge < -0.3 is 0 Å². The van der Waals surface area contributed by atoms with Gasteiger partial charge in [-0.1, -0.05) is 23.7 Å². The van der Waals surface area contributed by atoms with Crippen molar-refractivity contribution in [2.24, 2.45) is 5.10 Å². The fraction of sp³-hybridized carbons (Fsp3) is 0.214. The summed E-state index contributed by atoms with van der Waals surface area (Å²) in [6, 6.07) is 9.13. The molecule has 0 fully saturated rings. The number of amides is 1. The van der Waals surface area contributed by atoms with Gasteiger partial charge in [-0.25, -0.2) is 5.43 Å². The average molecular weight is 291 g/mol. The first-order chi connectivity index (χ1) is 9.54. The molecule has 0 spiro atoms. The molecule has 1 heterocycles. The molecule has 1 N–H and O–H groups in total. The first-order valence-corrected chi connectivity index (χ1v) is 6.51. The van der Waals surface area contributed by atoms with Gasteiger partial charge >= 0.3 is 0 Å². The van der Waals surface area contributed by atoms with Gasteiger partial charge in [0.25, 0.3) is 5.91 Å². The van der Waals surface area contributed by atoms with Crippen LogP contribution in [0, 0.1) is 13.8 Å². The van der Waals surface area contributed by atoms with Crippen LogP contribution in [0.15, 0.2) is 35.4 Å². The molecule has 104 valence electrons. The molecule has 1 aromatic carbocycles. The van der Waals surface area contributed by atoms with Crippen LogP contribution >= 0.6 is 11.6 Å². The third-order valence-corrected chi connectivity index (χ3v) is 2.88. The number of aryl methyl sites for hydroxylation is 2. The number of carbonyl (C=O) groups excluding carboxylic acids is 1. The molecule has 0 bridgehead atoms. The van der Waals surface area contributed by atoms with Gasteiger partial charge in [0.15, 0.2) is 0 Å². The van der Waals surface area contributed by atoms with Crippen LogP contribution < -0.4 is 5.43 Å². The number of benzene rings is 1. The van der Waals surface area contributed by atoms with Gasteiger partial charge in [0.2, 0.25) is 0 Å². The highest BCUT2D eigenvalue weighted by molar-refractivity contribution is 6.30. The van der Waals surface area contributed by atoms with E-state index in [1.54, 1.807) is 23.0 Å². The van der Waals surface area contributed by atoms with Crippen LogP contribution in [0.4, 0.5) is 0 Å². The van der Waals surface area contributed by atoms with E-state index in [-0.39, 0.29) is 12.5 Å². The van der Waals surface area contributed by atoms with Crippen LogP contribution in [0.3, 0.4) is 0 Å². The van der Waals surface area contributed by atoms with Crippen molar-refractivity contribution < 1.29 is 4.79 Å². The second-order valence-electron chi connectivity index (χ2n) is 4.43. The number of carbonyl (C=O) groups is 1. The zero-order valence-electron chi connectivity index (χ0n) is 11.3. The van der Waals surface area contributed by atoms with E-state index in [9.17, 15) is 4.79 Å². The van der Waals surface area contributed by atoms with Crippen LogP contribution in [0.5, 0.6) is 0 Å². The number of nitrogens with zero attached hydrogens (tertiary/aromatic N) is 3. The van der Waals surface area contributed by atoms with Gasteiger partial charge in [0.1, 0.15) is 6.54 Å². The van der Waals surface area contributed by atoms with E-state index in [0.717, 1.165) is 17.0 Å². The highest BCUT2D eigenvalue weighted by Crippen LogP contribution is 2.08. The number of aromatic nitrogens is 2. The smallest absolute Gasteiger partial charge is 0.261 e. The van der Waals surface area contributed by atoms with E-state index >= 15 is 0 Å². The van der Waals surface area contributed by atoms with Gasteiger partial charge in [-0.2, -0.15) is 10.2 Å². The first-order valence-electron chi connectivity index (χ1n) is 6.13. The second kappa shape index (κ2) is 6.34. The fourth-order valence-electron chi connectivity index (χ4n) is 1.77. The van der Waals surface area contributed by atoms with Crippen molar-refractivity contribution in [3.05, 3.63) is 52.3 Å². The van der Waals surface area contributed by atoms with Crippen molar-refractivity contribution in [2.75, 3.05) is 0 Å². The molecule has 1 amide bonds. The van der Waals surface area contributed by atoms with E-state index < -0.39 is 0 Å². The fourth-order valence-corrected chi connectivity index (χ4v) is 1.97. The summed E-state index contributed by atoms with van der Waals surface area (Å²) < 4.78 is 1.64. The van der Waals surface area contributed by atoms with Crippen LogP contribution in [0.25, 0.3) is 0 Å². The van der Waals surface area contributed by atoms with Crippen LogP contribution in [0.1, 0.15) is 17.0 Å². The van der Waals surface area contributed by atoms with Gasteiger partial charge in [0.05, 0.1) is 11.9 Å². The Morgan fingerprint density at radius 3 is 2.90 bits per heavy atom. The quantitative estimate of drug-likeness (QED) is 0.694. The SMILES string of the molecule is Cc1cc(C)n(CC(=O)N/N=C\c2cccc(Cl)c2)n1. The molecule has 0 atom stereocenters. The van der Waals surface area contributed by atoms with Crippen molar-refractivity contribution in [2.45, 2.75) is 20.4 Å². The van der Waals surface area contributed by atoms with Crippen LogP contribution in [0.2, 0.25) is 5.02 Å². The minimum atomic E-state index is -0.227. The summed E-state index contributed by atoms with van der Waals surface area (Å²) in [5, 5.41) is 8.73. The Morgan fingerprint density at radius 1 is 1.45 bits per heavy atom. The lowest BCUT2D eigenvalue weighted by Gasteiger charge is -2.02.